The molecule has 0 saturated carbocycles. The normalized spacial score (nSPS) is 10.9. The molecule has 0 N–H and O–H groups in total. The van der Waals surface area contributed by atoms with Gasteiger partial charge in [-0.2, -0.15) is 0 Å². The molecule has 0 atom stereocenters. The second-order valence-electron chi connectivity index (χ2n) is 11.2. The van der Waals surface area contributed by atoms with Crippen LogP contribution in [0.1, 0.15) is 0 Å². The van der Waals surface area contributed by atoms with E-state index >= 15 is 0 Å². The topological polar surface area (TPSA) is 77.3 Å². The first kappa shape index (κ1) is 28.8. The van der Waals surface area contributed by atoms with Gasteiger partial charge in [-0.1, -0.05) is 133 Å². The van der Waals surface area contributed by atoms with Gasteiger partial charge >= 0.3 is 0 Å². The van der Waals surface area contributed by atoms with E-state index in [1.807, 2.05) is 127 Å². The van der Waals surface area contributed by atoms with Gasteiger partial charge in [-0.05, 0) is 41.5 Å². The molecule has 0 saturated heterocycles. The molecule has 0 aliphatic carbocycles. The third-order valence-corrected chi connectivity index (χ3v) is 8.00. The average Bonchev–Trinajstić information content (AvgIpc) is 3.19. The maximum absolute atomic E-state index is 5.01. The quantitative estimate of drug-likeness (QED) is 0.177. The second-order valence-corrected chi connectivity index (χ2v) is 11.2. The van der Waals surface area contributed by atoms with Crippen LogP contribution >= 0.6 is 0 Å². The van der Waals surface area contributed by atoms with Crippen molar-refractivity contribution in [2.24, 2.45) is 0 Å². The van der Waals surface area contributed by atoms with Crippen LogP contribution in [-0.4, -0.2) is 29.9 Å². The van der Waals surface area contributed by atoms with Crippen LogP contribution in [-0.2, 0) is 0 Å². The van der Waals surface area contributed by atoms with Crippen LogP contribution in [0.2, 0.25) is 0 Å². The predicted molar refractivity (Wildman–Crippen MR) is 191 cm³/mol. The van der Waals surface area contributed by atoms with Gasteiger partial charge < -0.3 is 0 Å². The van der Waals surface area contributed by atoms with E-state index in [4.69, 9.17) is 24.9 Å². The highest BCUT2D eigenvalue weighted by Crippen LogP contribution is 2.32. The zero-order chi connectivity index (χ0) is 32.1. The molecule has 6 heteroatoms. The van der Waals surface area contributed by atoms with Gasteiger partial charge in [0.15, 0.2) is 23.3 Å². The number of benzene rings is 5. The number of hydrogen-bond acceptors (Lipinski definition) is 6. The van der Waals surface area contributed by atoms with Gasteiger partial charge in [-0.25, -0.2) is 24.9 Å². The standard InChI is InChI=1S/C42H28N6/c1-4-14-29(15-5-1)39-44-37(28-38(45-39)36-24-10-11-25-43-36)34-22-12-20-32(26-34)33-21-13-23-35(27-33)42-47-40(30-16-6-2-7-17-30)46-41(48-42)31-18-8-3-9-19-31/h1-28H. The van der Waals surface area contributed by atoms with Crippen LogP contribution in [0.15, 0.2) is 170 Å². The zero-order valence-electron chi connectivity index (χ0n) is 25.8. The summed E-state index contributed by atoms with van der Waals surface area (Å²) < 4.78 is 0. The Kier molecular flexibility index (Phi) is 7.79. The Bertz CT molecular complexity index is 2040. The fraction of sp³-hybridized carbons (Fsp3) is 0. The summed E-state index contributed by atoms with van der Waals surface area (Å²) in [5, 5.41) is 0. The predicted octanol–water partition coefficient (Wildman–Crippen LogP) is 9.73. The summed E-state index contributed by atoms with van der Waals surface area (Å²) in [6, 6.07) is 54.7. The molecule has 0 aliphatic rings. The van der Waals surface area contributed by atoms with E-state index in [9.17, 15) is 0 Å². The minimum Gasteiger partial charge on any atom is -0.255 e. The fourth-order valence-electron chi connectivity index (χ4n) is 5.59. The lowest BCUT2D eigenvalue weighted by molar-refractivity contribution is 1.07. The van der Waals surface area contributed by atoms with Crippen molar-refractivity contribution >= 4 is 0 Å². The molecule has 6 nitrogen and oxygen atoms in total. The van der Waals surface area contributed by atoms with Crippen LogP contribution in [0.25, 0.3) is 79.3 Å². The molecule has 0 aliphatic heterocycles. The molecule has 0 fully saturated rings. The van der Waals surface area contributed by atoms with Crippen molar-refractivity contribution in [3.8, 4) is 79.3 Å². The van der Waals surface area contributed by atoms with Gasteiger partial charge in [0.25, 0.3) is 0 Å². The van der Waals surface area contributed by atoms with Gasteiger partial charge in [0.1, 0.15) is 0 Å². The van der Waals surface area contributed by atoms with Crippen molar-refractivity contribution in [3.05, 3.63) is 170 Å². The van der Waals surface area contributed by atoms with E-state index in [0.717, 1.165) is 56.0 Å². The summed E-state index contributed by atoms with van der Waals surface area (Å²) >= 11 is 0. The van der Waals surface area contributed by atoms with E-state index in [1.165, 1.54) is 0 Å². The number of rotatable bonds is 7. The van der Waals surface area contributed by atoms with Gasteiger partial charge in [-0.3, -0.25) is 4.98 Å². The SMILES string of the molecule is c1ccc(-c2nc(-c3cccc(-c4cccc(-c5nc(-c6ccccc6)nc(-c6ccccc6)n5)c4)c3)cc(-c3ccccn3)n2)cc1. The highest BCUT2D eigenvalue weighted by atomic mass is 15.0. The van der Waals surface area contributed by atoms with E-state index in [1.54, 1.807) is 6.20 Å². The summed E-state index contributed by atoms with van der Waals surface area (Å²) in [6.07, 6.45) is 1.78. The van der Waals surface area contributed by atoms with Gasteiger partial charge in [-0.15, -0.1) is 0 Å². The van der Waals surface area contributed by atoms with Crippen LogP contribution in [0, 0.1) is 0 Å². The molecule has 8 rings (SSSR count). The maximum atomic E-state index is 5.01. The lowest BCUT2D eigenvalue weighted by Crippen LogP contribution is -2.00. The second kappa shape index (κ2) is 13.0. The van der Waals surface area contributed by atoms with Crippen LogP contribution < -0.4 is 0 Å². The first-order valence-corrected chi connectivity index (χ1v) is 15.7. The minimum atomic E-state index is 0.615. The number of hydrogen-bond donors (Lipinski definition) is 0. The lowest BCUT2D eigenvalue weighted by Gasteiger charge is -2.11. The van der Waals surface area contributed by atoms with E-state index in [0.29, 0.717) is 23.3 Å². The summed E-state index contributed by atoms with van der Waals surface area (Å²) in [4.78, 5) is 29.2. The maximum Gasteiger partial charge on any atom is 0.164 e. The van der Waals surface area contributed by atoms with Gasteiger partial charge in [0.05, 0.1) is 17.1 Å². The lowest BCUT2D eigenvalue weighted by atomic mass is 9.99. The van der Waals surface area contributed by atoms with Crippen molar-refractivity contribution in [1.82, 2.24) is 29.9 Å². The summed E-state index contributed by atoms with van der Waals surface area (Å²) in [6.45, 7) is 0. The summed E-state index contributed by atoms with van der Waals surface area (Å²) in [5.41, 5.74) is 9.18. The molecule has 8 aromatic rings. The molecule has 3 heterocycles. The third kappa shape index (κ3) is 6.10. The van der Waals surface area contributed by atoms with Crippen LogP contribution in [0.5, 0.6) is 0 Å². The van der Waals surface area contributed by atoms with E-state index in [-0.39, 0.29) is 0 Å². The summed E-state index contributed by atoms with van der Waals surface area (Å²) in [7, 11) is 0. The molecule has 5 aromatic carbocycles. The molecule has 0 unspecified atom stereocenters. The molecule has 3 aromatic heterocycles. The Morgan fingerprint density at radius 1 is 0.250 bits per heavy atom. The number of nitrogens with zero attached hydrogens (tertiary/aromatic N) is 6. The first-order chi connectivity index (χ1) is 23.8. The van der Waals surface area contributed by atoms with Crippen molar-refractivity contribution in [2.75, 3.05) is 0 Å². The number of aromatic nitrogens is 6. The molecular weight excluding hydrogens is 589 g/mol. The zero-order valence-corrected chi connectivity index (χ0v) is 25.8. The average molecular weight is 617 g/mol. The highest BCUT2D eigenvalue weighted by Gasteiger charge is 2.14. The van der Waals surface area contributed by atoms with Gasteiger partial charge in [0.2, 0.25) is 0 Å². The Morgan fingerprint density at radius 3 is 1.21 bits per heavy atom. The van der Waals surface area contributed by atoms with Crippen LogP contribution in [0.3, 0.4) is 0 Å². The number of pyridine rings is 1. The molecular formula is C42H28N6. The molecule has 0 amide bonds. The Hall–Kier alpha value is -6.66. The molecule has 48 heavy (non-hydrogen) atoms. The van der Waals surface area contributed by atoms with Crippen molar-refractivity contribution in [2.45, 2.75) is 0 Å². The summed E-state index contributed by atoms with van der Waals surface area (Å²) in [5.74, 6) is 2.53. The molecule has 0 bridgehead atoms. The smallest absolute Gasteiger partial charge is 0.164 e. The molecule has 226 valence electrons. The monoisotopic (exact) mass is 616 g/mol. The Balaban J connectivity index is 1.21. The van der Waals surface area contributed by atoms with E-state index < -0.39 is 0 Å². The van der Waals surface area contributed by atoms with E-state index in [2.05, 4.69) is 41.4 Å². The first-order valence-electron chi connectivity index (χ1n) is 15.7. The Labute approximate surface area is 278 Å². The highest BCUT2D eigenvalue weighted by molar-refractivity contribution is 5.77. The fourth-order valence-corrected chi connectivity index (χ4v) is 5.59. The molecule has 0 spiro atoms. The van der Waals surface area contributed by atoms with Crippen molar-refractivity contribution in [1.29, 1.82) is 0 Å². The van der Waals surface area contributed by atoms with Crippen molar-refractivity contribution < 1.29 is 0 Å². The molecule has 0 radical (unpaired) electrons. The Morgan fingerprint density at radius 2 is 0.667 bits per heavy atom. The third-order valence-electron chi connectivity index (χ3n) is 8.00. The largest absolute Gasteiger partial charge is 0.255 e. The van der Waals surface area contributed by atoms with Gasteiger partial charge in [0, 0.05) is 34.0 Å². The van der Waals surface area contributed by atoms with Crippen molar-refractivity contribution in [3.63, 3.8) is 0 Å². The van der Waals surface area contributed by atoms with Crippen LogP contribution in [0.4, 0.5) is 0 Å². The minimum absolute atomic E-state index is 0.615.